The highest BCUT2D eigenvalue weighted by atomic mass is 19.3. The lowest BCUT2D eigenvalue weighted by atomic mass is 9.81. The van der Waals surface area contributed by atoms with Gasteiger partial charge in [0.25, 0.3) is 5.92 Å². The topological polar surface area (TPSA) is 80.4 Å². The standard InChI is InChI=1S/C12H13F2NO3/c1-11(9(15)16,10(17)18)7-12(13,14)8-5-3-2-4-6-8/h2-6H,7H2,1H3,(H2,15,16)(H,17,18). The van der Waals surface area contributed by atoms with Crippen molar-refractivity contribution in [1.82, 2.24) is 0 Å². The summed E-state index contributed by atoms with van der Waals surface area (Å²) in [6, 6.07) is 6.72. The largest absolute Gasteiger partial charge is 0.480 e. The van der Waals surface area contributed by atoms with Crippen LogP contribution in [0.2, 0.25) is 0 Å². The van der Waals surface area contributed by atoms with Crippen molar-refractivity contribution < 1.29 is 23.5 Å². The number of carboxylic acids is 1. The Morgan fingerprint density at radius 2 is 1.78 bits per heavy atom. The lowest BCUT2D eigenvalue weighted by Crippen LogP contribution is -2.44. The van der Waals surface area contributed by atoms with Crippen LogP contribution in [0.25, 0.3) is 0 Å². The van der Waals surface area contributed by atoms with Gasteiger partial charge in [0.05, 0.1) is 0 Å². The summed E-state index contributed by atoms with van der Waals surface area (Å²) in [7, 11) is 0. The van der Waals surface area contributed by atoms with Gasteiger partial charge in [-0.25, -0.2) is 8.78 Å². The predicted octanol–water partition coefficient (Wildman–Crippen LogP) is 1.74. The van der Waals surface area contributed by atoms with Gasteiger partial charge in [-0.2, -0.15) is 0 Å². The van der Waals surface area contributed by atoms with Gasteiger partial charge < -0.3 is 10.8 Å². The van der Waals surface area contributed by atoms with Gasteiger partial charge in [-0.3, -0.25) is 9.59 Å². The molecule has 4 nitrogen and oxygen atoms in total. The molecule has 0 aliphatic rings. The third kappa shape index (κ3) is 2.64. The number of alkyl halides is 2. The van der Waals surface area contributed by atoms with Crippen LogP contribution in [0.15, 0.2) is 30.3 Å². The van der Waals surface area contributed by atoms with E-state index in [1.165, 1.54) is 24.3 Å². The van der Waals surface area contributed by atoms with Crippen molar-refractivity contribution in [1.29, 1.82) is 0 Å². The zero-order chi connectivity index (χ0) is 14.0. The molecule has 0 radical (unpaired) electrons. The highest BCUT2D eigenvalue weighted by Crippen LogP contribution is 2.39. The fourth-order valence-corrected chi connectivity index (χ4v) is 1.50. The molecule has 0 heterocycles. The Kier molecular flexibility index (Phi) is 3.69. The van der Waals surface area contributed by atoms with Gasteiger partial charge in [0.2, 0.25) is 5.91 Å². The first-order valence-corrected chi connectivity index (χ1v) is 5.17. The van der Waals surface area contributed by atoms with Crippen LogP contribution >= 0.6 is 0 Å². The van der Waals surface area contributed by atoms with Crippen molar-refractivity contribution in [2.75, 3.05) is 0 Å². The second-order valence-corrected chi connectivity index (χ2v) is 4.25. The molecule has 1 atom stereocenters. The molecule has 0 saturated carbocycles. The van der Waals surface area contributed by atoms with E-state index in [9.17, 15) is 18.4 Å². The first-order valence-electron chi connectivity index (χ1n) is 5.17. The number of primary amides is 1. The zero-order valence-corrected chi connectivity index (χ0v) is 9.69. The number of hydrogen-bond donors (Lipinski definition) is 2. The van der Waals surface area contributed by atoms with Gasteiger partial charge in [-0.15, -0.1) is 0 Å². The summed E-state index contributed by atoms with van der Waals surface area (Å²) in [4.78, 5) is 22.0. The smallest absolute Gasteiger partial charge is 0.319 e. The Labute approximate surface area is 102 Å². The second-order valence-electron chi connectivity index (χ2n) is 4.25. The number of hydrogen-bond acceptors (Lipinski definition) is 2. The van der Waals surface area contributed by atoms with Crippen molar-refractivity contribution in [3.8, 4) is 0 Å². The number of amides is 1. The monoisotopic (exact) mass is 257 g/mol. The molecule has 18 heavy (non-hydrogen) atoms. The molecule has 98 valence electrons. The maximum Gasteiger partial charge on any atom is 0.319 e. The van der Waals surface area contributed by atoms with Crippen molar-refractivity contribution in [2.45, 2.75) is 19.3 Å². The molecule has 0 bridgehead atoms. The van der Waals surface area contributed by atoms with E-state index in [0.29, 0.717) is 0 Å². The van der Waals surface area contributed by atoms with E-state index in [2.05, 4.69) is 0 Å². The number of rotatable bonds is 5. The molecule has 0 saturated heterocycles. The molecule has 0 aliphatic heterocycles. The number of benzene rings is 1. The second kappa shape index (κ2) is 4.72. The van der Waals surface area contributed by atoms with Crippen molar-refractivity contribution in [3.05, 3.63) is 35.9 Å². The fourth-order valence-electron chi connectivity index (χ4n) is 1.50. The maximum atomic E-state index is 13.9. The molecule has 1 aromatic carbocycles. The SMILES string of the molecule is CC(CC(F)(F)c1ccccc1)(C(N)=O)C(=O)O. The average molecular weight is 257 g/mol. The Morgan fingerprint density at radius 3 is 2.17 bits per heavy atom. The molecule has 3 N–H and O–H groups in total. The van der Waals surface area contributed by atoms with E-state index < -0.39 is 29.6 Å². The van der Waals surface area contributed by atoms with Crippen LogP contribution < -0.4 is 5.73 Å². The molecule has 1 unspecified atom stereocenters. The van der Waals surface area contributed by atoms with Crippen molar-refractivity contribution in [3.63, 3.8) is 0 Å². The van der Waals surface area contributed by atoms with Crippen LogP contribution in [0, 0.1) is 5.41 Å². The predicted molar refractivity (Wildman–Crippen MR) is 59.9 cm³/mol. The van der Waals surface area contributed by atoms with Crippen molar-refractivity contribution >= 4 is 11.9 Å². The highest BCUT2D eigenvalue weighted by Gasteiger charge is 2.49. The molecule has 0 aromatic heterocycles. The van der Waals surface area contributed by atoms with E-state index >= 15 is 0 Å². The van der Waals surface area contributed by atoms with Crippen LogP contribution in [0.3, 0.4) is 0 Å². The average Bonchev–Trinajstić information content (AvgIpc) is 2.29. The molecule has 1 amide bonds. The third-order valence-electron chi connectivity index (χ3n) is 2.79. The Morgan fingerprint density at radius 1 is 1.28 bits per heavy atom. The third-order valence-corrected chi connectivity index (χ3v) is 2.79. The van der Waals surface area contributed by atoms with E-state index in [4.69, 9.17) is 10.8 Å². The van der Waals surface area contributed by atoms with Gasteiger partial charge in [0, 0.05) is 12.0 Å². The Hall–Kier alpha value is -1.98. The first-order chi connectivity index (χ1) is 8.20. The van der Waals surface area contributed by atoms with Gasteiger partial charge in [-0.05, 0) is 6.92 Å². The molecular formula is C12H13F2NO3. The summed E-state index contributed by atoms with van der Waals surface area (Å²) in [5.41, 5.74) is 2.25. The quantitative estimate of drug-likeness (QED) is 0.788. The summed E-state index contributed by atoms with van der Waals surface area (Å²) in [6.07, 6.45) is -1.17. The molecule has 6 heteroatoms. The molecule has 1 rings (SSSR count). The van der Waals surface area contributed by atoms with Crippen molar-refractivity contribution in [2.24, 2.45) is 11.1 Å². The number of nitrogens with two attached hydrogens (primary N) is 1. The molecule has 0 fully saturated rings. The van der Waals surface area contributed by atoms with Crippen LogP contribution in [-0.2, 0) is 15.5 Å². The Bertz CT molecular complexity index is 446. The summed E-state index contributed by atoms with van der Waals surface area (Å²) in [5, 5.41) is 8.88. The number of carbonyl (C=O) groups is 2. The van der Waals surface area contributed by atoms with E-state index in [-0.39, 0.29) is 5.56 Å². The van der Waals surface area contributed by atoms with Gasteiger partial charge >= 0.3 is 5.97 Å². The lowest BCUT2D eigenvalue weighted by Gasteiger charge is -2.26. The molecule has 1 aromatic rings. The molecular weight excluding hydrogens is 244 g/mol. The van der Waals surface area contributed by atoms with Gasteiger partial charge in [-0.1, -0.05) is 30.3 Å². The zero-order valence-electron chi connectivity index (χ0n) is 9.69. The highest BCUT2D eigenvalue weighted by molar-refractivity contribution is 6.00. The van der Waals surface area contributed by atoms with Crippen LogP contribution in [-0.4, -0.2) is 17.0 Å². The van der Waals surface area contributed by atoms with Crippen LogP contribution in [0.1, 0.15) is 18.9 Å². The van der Waals surface area contributed by atoms with Crippen LogP contribution in [0.4, 0.5) is 8.78 Å². The number of aliphatic carboxylic acids is 1. The fraction of sp³-hybridized carbons (Fsp3) is 0.333. The van der Waals surface area contributed by atoms with E-state index in [0.717, 1.165) is 6.92 Å². The number of carboxylic acid groups (broad SMARTS) is 1. The summed E-state index contributed by atoms with van der Waals surface area (Å²) in [5.74, 6) is -6.39. The minimum atomic E-state index is -3.44. The lowest BCUT2D eigenvalue weighted by molar-refractivity contribution is -0.161. The van der Waals surface area contributed by atoms with Gasteiger partial charge in [0.1, 0.15) is 5.41 Å². The minimum Gasteiger partial charge on any atom is -0.480 e. The summed E-state index contributed by atoms with van der Waals surface area (Å²) >= 11 is 0. The molecule has 0 spiro atoms. The van der Waals surface area contributed by atoms with Crippen LogP contribution in [0.5, 0.6) is 0 Å². The van der Waals surface area contributed by atoms with E-state index in [1.807, 2.05) is 0 Å². The number of halogens is 2. The summed E-state index contributed by atoms with van der Waals surface area (Å²) in [6.45, 7) is 0.897. The van der Waals surface area contributed by atoms with E-state index in [1.54, 1.807) is 6.07 Å². The van der Waals surface area contributed by atoms with Gasteiger partial charge in [0.15, 0.2) is 0 Å². The minimum absolute atomic E-state index is 0.348. The maximum absolute atomic E-state index is 13.9. The molecule has 0 aliphatic carbocycles. The Balaban J connectivity index is 3.08. The first kappa shape index (κ1) is 14.1. The normalized spacial score (nSPS) is 14.8. The summed E-state index contributed by atoms with van der Waals surface area (Å²) < 4.78 is 27.8. The number of carbonyl (C=O) groups excluding carboxylic acids is 1.